The fraction of sp³-hybridized carbons (Fsp3) is 0.308. The molecule has 19 heavy (non-hydrogen) atoms. The van der Waals surface area contributed by atoms with E-state index in [1.54, 1.807) is 17.5 Å². The van der Waals surface area contributed by atoms with Crippen LogP contribution >= 0.6 is 11.3 Å². The maximum Gasteiger partial charge on any atom is 0.244 e. The summed E-state index contributed by atoms with van der Waals surface area (Å²) in [7, 11) is 0. The Morgan fingerprint density at radius 1 is 1.37 bits per heavy atom. The number of hydrogen-bond acceptors (Lipinski definition) is 6. The van der Waals surface area contributed by atoms with Crippen LogP contribution in [0.1, 0.15) is 25.8 Å². The normalized spacial score (nSPS) is 13.3. The molecule has 1 atom stereocenters. The zero-order chi connectivity index (χ0) is 13.4. The largest absolute Gasteiger partial charge is 0.337 e. The molecule has 0 fully saturated rings. The average molecular weight is 274 g/mol. The molecule has 3 aromatic rings. The van der Waals surface area contributed by atoms with E-state index in [0.717, 1.165) is 15.8 Å². The third-order valence-electron chi connectivity index (χ3n) is 3.01. The van der Waals surface area contributed by atoms with Gasteiger partial charge in [-0.25, -0.2) is 0 Å². The van der Waals surface area contributed by atoms with E-state index in [1.165, 1.54) is 0 Å². The zero-order valence-corrected chi connectivity index (χ0v) is 11.5. The molecule has 0 bridgehead atoms. The standard InChI is InChI=1S/C13H14N4OS/c1-7(2)11(14)13-16-12(17-18-13)8-5-10-9(15-6-8)3-4-19-10/h3-7,11H,14H2,1-2H3. The number of nitrogens with zero attached hydrogens (tertiary/aromatic N) is 3. The molecule has 0 aliphatic heterocycles. The second-order valence-electron chi connectivity index (χ2n) is 4.75. The maximum absolute atomic E-state index is 5.99. The first-order chi connectivity index (χ1) is 9.15. The van der Waals surface area contributed by atoms with Gasteiger partial charge in [0.15, 0.2) is 0 Å². The summed E-state index contributed by atoms with van der Waals surface area (Å²) in [6.45, 7) is 4.04. The molecule has 3 heterocycles. The second-order valence-corrected chi connectivity index (χ2v) is 5.70. The van der Waals surface area contributed by atoms with Crippen LogP contribution in [0.15, 0.2) is 28.2 Å². The predicted octanol–water partition coefficient (Wildman–Crippen LogP) is 3.00. The lowest BCUT2D eigenvalue weighted by atomic mass is 10.1. The molecular formula is C13H14N4OS. The van der Waals surface area contributed by atoms with E-state index in [2.05, 4.69) is 15.1 Å². The first-order valence-corrected chi connectivity index (χ1v) is 6.96. The summed E-state index contributed by atoms with van der Waals surface area (Å²) in [6, 6.07) is 3.77. The van der Waals surface area contributed by atoms with E-state index >= 15 is 0 Å². The van der Waals surface area contributed by atoms with Crippen molar-refractivity contribution in [2.75, 3.05) is 0 Å². The van der Waals surface area contributed by atoms with Crippen molar-refractivity contribution in [3.63, 3.8) is 0 Å². The average Bonchev–Trinajstić information content (AvgIpc) is 3.05. The number of fused-ring (bicyclic) bond motifs is 1. The van der Waals surface area contributed by atoms with Crippen LogP contribution in [0, 0.1) is 5.92 Å². The summed E-state index contributed by atoms with van der Waals surface area (Å²) >= 11 is 1.64. The number of rotatable bonds is 3. The van der Waals surface area contributed by atoms with Crippen LogP contribution in [0.25, 0.3) is 21.6 Å². The fourth-order valence-corrected chi connectivity index (χ4v) is 2.52. The van der Waals surface area contributed by atoms with Crippen LogP contribution in [0.3, 0.4) is 0 Å². The number of thiophene rings is 1. The Labute approximate surface area is 114 Å². The fourth-order valence-electron chi connectivity index (χ4n) is 1.74. The summed E-state index contributed by atoms with van der Waals surface area (Å²) in [6.07, 6.45) is 1.75. The Morgan fingerprint density at radius 2 is 2.21 bits per heavy atom. The van der Waals surface area contributed by atoms with E-state index < -0.39 is 0 Å². The monoisotopic (exact) mass is 274 g/mol. The SMILES string of the molecule is CC(C)C(N)c1nc(-c2cnc3ccsc3c2)no1. The van der Waals surface area contributed by atoms with Crippen molar-refractivity contribution in [1.29, 1.82) is 0 Å². The van der Waals surface area contributed by atoms with E-state index in [1.807, 2.05) is 31.4 Å². The van der Waals surface area contributed by atoms with Crippen LogP contribution in [-0.4, -0.2) is 15.1 Å². The van der Waals surface area contributed by atoms with Crippen molar-refractivity contribution in [2.24, 2.45) is 11.7 Å². The molecule has 0 aromatic carbocycles. The van der Waals surface area contributed by atoms with E-state index in [9.17, 15) is 0 Å². The Morgan fingerprint density at radius 3 is 3.00 bits per heavy atom. The molecular weight excluding hydrogens is 260 g/mol. The third-order valence-corrected chi connectivity index (χ3v) is 3.86. The first-order valence-electron chi connectivity index (χ1n) is 6.08. The highest BCUT2D eigenvalue weighted by atomic mass is 32.1. The van der Waals surface area contributed by atoms with Gasteiger partial charge in [-0.15, -0.1) is 11.3 Å². The lowest BCUT2D eigenvalue weighted by molar-refractivity contribution is 0.325. The number of nitrogens with two attached hydrogens (primary N) is 1. The Hall–Kier alpha value is -1.79. The van der Waals surface area contributed by atoms with Gasteiger partial charge in [0.1, 0.15) is 0 Å². The van der Waals surface area contributed by atoms with Gasteiger partial charge in [0.25, 0.3) is 0 Å². The van der Waals surface area contributed by atoms with Crippen molar-refractivity contribution in [3.05, 3.63) is 29.6 Å². The van der Waals surface area contributed by atoms with E-state index in [-0.39, 0.29) is 12.0 Å². The van der Waals surface area contributed by atoms with Crippen molar-refractivity contribution >= 4 is 21.6 Å². The van der Waals surface area contributed by atoms with Gasteiger partial charge in [0, 0.05) is 11.8 Å². The quantitative estimate of drug-likeness (QED) is 0.794. The third kappa shape index (κ3) is 2.24. The smallest absolute Gasteiger partial charge is 0.244 e. The van der Waals surface area contributed by atoms with Gasteiger partial charge in [0.05, 0.1) is 16.3 Å². The molecule has 2 N–H and O–H groups in total. The van der Waals surface area contributed by atoms with Gasteiger partial charge >= 0.3 is 0 Å². The predicted molar refractivity (Wildman–Crippen MR) is 74.7 cm³/mol. The van der Waals surface area contributed by atoms with Gasteiger partial charge < -0.3 is 10.3 Å². The van der Waals surface area contributed by atoms with Gasteiger partial charge in [0.2, 0.25) is 11.7 Å². The van der Waals surface area contributed by atoms with E-state index in [4.69, 9.17) is 10.3 Å². The first kappa shape index (κ1) is 12.3. The topological polar surface area (TPSA) is 77.8 Å². The molecule has 98 valence electrons. The summed E-state index contributed by atoms with van der Waals surface area (Å²) in [5, 5.41) is 5.99. The number of hydrogen-bond donors (Lipinski definition) is 1. The summed E-state index contributed by atoms with van der Waals surface area (Å²) < 4.78 is 6.33. The van der Waals surface area contributed by atoms with Crippen LogP contribution in [0.2, 0.25) is 0 Å². The van der Waals surface area contributed by atoms with Crippen molar-refractivity contribution in [1.82, 2.24) is 15.1 Å². The molecule has 6 heteroatoms. The van der Waals surface area contributed by atoms with Gasteiger partial charge in [-0.2, -0.15) is 4.98 Å². The Kier molecular flexibility index (Phi) is 3.04. The molecule has 0 saturated carbocycles. The minimum absolute atomic E-state index is 0.236. The van der Waals surface area contributed by atoms with Crippen molar-refractivity contribution in [2.45, 2.75) is 19.9 Å². The summed E-state index contributed by atoms with van der Waals surface area (Å²) in [4.78, 5) is 8.72. The molecule has 0 radical (unpaired) electrons. The zero-order valence-electron chi connectivity index (χ0n) is 10.7. The highest BCUT2D eigenvalue weighted by molar-refractivity contribution is 7.17. The number of aromatic nitrogens is 3. The highest BCUT2D eigenvalue weighted by Crippen LogP contribution is 2.25. The number of pyridine rings is 1. The van der Waals surface area contributed by atoms with Gasteiger partial charge in [-0.05, 0) is 23.4 Å². The summed E-state index contributed by atoms with van der Waals surface area (Å²) in [5.41, 5.74) is 7.82. The minimum Gasteiger partial charge on any atom is -0.337 e. The van der Waals surface area contributed by atoms with Crippen LogP contribution < -0.4 is 5.73 Å². The van der Waals surface area contributed by atoms with Crippen LogP contribution in [0.5, 0.6) is 0 Å². The second kappa shape index (κ2) is 4.71. The Balaban J connectivity index is 1.97. The molecule has 0 spiro atoms. The molecule has 0 amide bonds. The van der Waals surface area contributed by atoms with Gasteiger partial charge in [-0.3, -0.25) is 4.98 Å². The lowest BCUT2D eigenvalue weighted by Gasteiger charge is -2.09. The molecule has 0 aliphatic carbocycles. The molecule has 1 unspecified atom stereocenters. The summed E-state index contributed by atoms with van der Waals surface area (Å²) in [5.74, 6) is 1.26. The molecule has 3 rings (SSSR count). The minimum atomic E-state index is -0.236. The van der Waals surface area contributed by atoms with E-state index in [0.29, 0.717) is 11.7 Å². The van der Waals surface area contributed by atoms with Crippen molar-refractivity contribution < 1.29 is 4.52 Å². The van der Waals surface area contributed by atoms with Crippen LogP contribution in [-0.2, 0) is 0 Å². The van der Waals surface area contributed by atoms with Crippen LogP contribution in [0.4, 0.5) is 0 Å². The van der Waals surface area contributed by atoms with Gasteiger partial charge in [-0.1, -0.05) is 19.0 Å². The molecule has 0 aliphatic rings. The lowest BCUT2D eigenvalue weighted by Crippen LogP contribution is -2.16. The van der Waals surface area contributed by atoms with Crippen molar-refractivity contribution in [3.8, 4) is 11.4 Å². The molecule has 0 saturated heterocycles. The highest BCUT2D eigenvalue weighted by Gasteiger charge is 2.18. The Bertz CT molecular complexity index is 703. The molecule has 5 nitrogen and oxygen atoms in total. The molecule has 3 aromatic heterocycles. The maximum atomic E-state index is 5.99.